The van der Waals surface area contributed by atoms with Gasteiger partial charge in [-0.3, -0.25) is 10.1 Å². The van der Waals surface area contributed by atoms with Crippen molar-refractivity contribution in [2.24, 2.45) is 23.7 Å². The molecule has 4 aliphatic rings. The van der Waals surface area contributed by atoms with Crippen LogP contribution in [0.4, 0.5) is 17.2 Å². The van der Waals surface area contributed by atoms with Crippen LogP contribution in [0.3, 0.4) is 0 Å². The molecule has 0 atom stereocenters. The normalized spacial score (nSPS) is 33.4. The Morgan fingerprint density at radius 1 is 1.25 bits per heavy atom. The van der Waals surface area contributed by atoms with Gasteiger partial charge in [0.05, 0.1) is 4.92 Å². The summed E-state index contributed by atoms with van der Waals surface area (Å²) in [6.45, 7) is 0. The van der Waals surface area contributed by atoms with Crippen LogP contribution in [0.15, 0.2) is 6.20 Å². The molecule has 0 unspecified atom stereocenters. The fourth-order valence-corrected chi connectivity index (χ4v) is 5.34. The number of carbonyl (C=O) groups is 1. The van der Waals surface area contributed by atoms with E-state index in [0.29, 0.717) is 11.8 Å². The highest BCUT2D eigenvalue weighted by atomic mass is 16.6. The van der Waals surface area contributed by atoms with Crippen LogP contribution < -0.4 is 11.1 Å². The van der Waals surface area contributed by atoms with Gasteiger partial charge in [-0.15, -0.1) is 0 Å². The third-order valence-corrected chi connectivity index (χ3v) is 6.03. The van der Waals surface area contributed by atoms with Crippen molar-refractivity contribution in [1.29, 1.82) is 0 Å². The molecule has 24 heavy (non-hydrogen) atoms. The Morgan fingerprint density at radius 3 is 2.33 bits per heavy atom. The third-order valence-electron chi connectivity index (χ3n) is 6.03. The summed E-state index contributed by atoms with van der Waals surface area (Å²) in [6, 6.07) is 0.0800. The Hall–Kier alpha value is -2.38. The molecule has 4 saturated carbocycles. The fourth-order valence-electron chi connectivity index (χ4n) is 5.34. The highest BCUT2D eigenvalue weighted by Crippen LogP contribution is 2.54. The lowest BCUT2D eigenvalue weighted by molar-refractivity contribution is -0.383. The maximum atomic E-state index is 11.5. The molecule has 4 aliphatic carbocycles. The maximum absolute atomic E-state index is 11.5. The van der Waals surface area contributed by atoms with Crippen molar-refractivity contribution >= 4 is 23.2 Å². The lowest BCUT2D eigenvalue weighted by Crippen LogP contribution is -2.51. The zero-order chi connectivity index (χ0) is 17.0. The summed E-state index contributed by atoms with van der Waals surface area (Å²) >= 11 is 0. The first kappa shape index (κ1) is 15.2. The molecular formula is C16H20N4O4. The van der Waals surface area contributed by atoms with Crippen molar-refractivity contribution in [1.82, 2.24) is 4.98 Å². The number of nitrogens with two attached hydrogens (primary N) is 1. The summed E-state index contributed by atoms with van der Waals surface area (Å²) in [5.74, 6) is 0.950. The second-order valence-corrected chi connectivity index (χ2v) is 7.44. The van der Waals surface area contributed by atoms with Crippen molar-refractivity contribution in [3.05, 3.63) is 21.9 Å². The Balaban J connectivity index is 1.72. The third kappa shape index (κ3) is 2.28. The van der Waals surface area contributed by atoms with Gasteiger partial charge in [0.2, 0.25) is 5.82 Å². The average Bonchev–Trinajstić information content (AvgIpc) is 2.49. The number of pyridine rings is 1. The van der Waals surface area contributed by atoms with Crippen molar-refractivity contribution < 1.29 is 14.8 Å². The van der Waals surface area contributed by atoms with Crippen LogP contribution in [0, 0.1) is 33.8 Å². The van der Waals surface area contributed by atoms with Gasteiger partial charge in [0, 0.05) is 12.2 Å². The number of nitrogen functional groups attached to an aromatic ring is 1. The molecule has 8 nitrogen and oxygen atoms in total. The highest BCUT2D eigenvalue weighted by molar-refractivity contribution is 5.98. The molecule has 1 heterocycles. The quantitative estimate of drug-likeness (QED) is 0.570. The van der Waals surface area contributed by atoms with Crippen molar-refractivity contribution in [2.45, 2.75) is 38.1 Å². The van der Waals surface area contributed by atoms with E-state index in [4.69, 9.17) is 5.73 Å². The molecule has 0 spiro atoms. The second-order valence-electron chi connectivity index (χ2n) is 7.44. The molecule has 4 fully saturated rings. The van der Waals surface area contributed by atoms with E-state index in [0.717, 1.165) is 43.7 Å². The van der Waals surface area contributed by atoms with E-state index in [2.05, 4.69) is 10.3 Å². The molecule has 1 aromatic heterocycles. The monoisotopic (exact) mass is 332 g/mol. The van der Waals surface area contributed by atoms with Crippen LogP contribution in [-0.2, 0) is 0 Å². The van der Waals surface area contributed by atoms with Crippen molar-refractivity contribution in [2.75, 3.05) is 11.1 Å². The minimum atomic E-state index is -1.24. The van der Waals surface area contributed by atoms with Crippen LogP contribution in [0.25, 0.3) is 0 Å². The van der Waals surface area contributed by atoms with E-state index < -0.39 is 16.6 Å². The van der Waals surface area contributed by atoms with E-state index >= 15 is 0 Å². The Kier molecular flexibility index (Phi) is 3.36. The molecule has 0 aliphatic heterocycles. The van der Waals surface area contributed by atoms with Gasteiger partial charge in [0.15, 0.2) is 0 Å². The van der Waals surface area contributed by atoms with Crippen LogP contribution >= 0.6 is 0 Å². The number of nitrogens with one attached hydrogen (secondary N) is 1. The number of aromatic nitrogens is 1. The number of nitrogens with zero attached hydrogens (tertiary/aromatic N) is 2. The number of carboxylic acid groups (broad SMARTS) is 1. The van der Waals surface area contributed by atoms with Crippen molar-refractivity contribution in [3.8, 4) is 0 Å². The molecule has 0 amide bonds. The molecule has 1 aromatic rings. The van der Waals surface area contributed by atoms with Crippen LogP contribution in [0.2, 0.25) is 0 Å². The summed E-state index contributed by atoms with van der Waals surface area (Å²) in [7, 11) is 0. The lowest BCUT2D eigenvalue weighted by atomic mass is 9.54. The van der Waals surface area contributed by atoms with E-state index in [-0.39, 0.29) is 23.1 Å². The summed E-state index contributed by atoms with van der Waals surface area (Å²) in [5, 5.41) is 24.0. The first-order chi connectivity index (χ1) is 11.4. The number of rotatable bonds is 4. The van der Waals surface area contributed by atoms with Gasteiger partial charge >= 0.3 is 11.7 Å². The first-order valence-electron chi connectivity index (χ1n) is 8.36. The summed E-state index contributed by atoms with van der Waals surface area (Å²) in [5.41, 5.74) is 5.05. The van der Waals surface area contributed by atoms with Gasteiger partial charge in [0.25, 0.3) is 0 Å². The number of hydrogen-bond acceptors (Lipinski definition) is 6. The molecule has 0 saturated heterocycles. The van der Waals surface area contributed by atoms with Gasteiger partial charge in [-0.1, -0.05) is 0 Å². The first-order valence-corrected chi connectivity index (χ1v) is 8.36. The van der Waals surface area contributed by atoms with E-state index in [1.807, 2.05) is 0 Å². The molecule has 128 valence electrons. The maximum Gasteiger partial charge on any atom is 0.339 e. The molecule has 4 N–H and O–H groups in total. The van der Waals surface area contributed by atoms with E-state index in [1.165, 1.54) is 6.42 Å². The molecule has 0 aromatic carbocycles. The highest BCUT2D eigenvalue weighted by Gasteiger charge is 2.49. The largest absolute Gasteiger partial charge is 0.478 e. The van der Waals surface area contributed by atoms with Gasteiger partial charge in [-0.05, 0) is 55.8 Å². The Morgan fingerprint density at radius 2 is 1.83 bits per heavy atom. The molecule has 4 bridgehead atoms. The summed E-state index contributed by atoms with van der Waals surface area (Å²) in [6.07, 6.45) is 6.91. The summed E-state index contributed by atoms with van der Waals surface area (Å²) in [4.78, 5) is 26.0. The standard InChI is InChI=1S/C16H20N4O4/c17-15-14(20(23)24)13(11(6-18-15)16(21)22)19-12-9-2-7-1-8(4-9)5-10(12)3-7/h6-10,12H,1-5H2,(H,21,22)(H3,17,18,19). The molecule has 8 heteroatoms. The average molecular weight is 332 g/mol. The fraction of sp³-hybridized carbons (Fsp3) is 0.625. The number of aromatic carboxylic acids is 1. The number of carboxylic acids is 1. The SMILES string of the molecule is Nc1ncc(C(=O)O)c(NC2C3CC4CC(C3)CC2C4)c1[N+](=O)[O-]. The minimum absolute atomic E-state index is 0.0115. The predicted molar refractivity (Wildman–Crippen MR) is 86.7 cm³/mol. The minimum Gasteiger partial charge on any atom is -0.478 e. The molecular weight excluding hydrogens is 312 g/mol. The summed E-state index contributed by atoms with van der Waals surface area (Å²) < 4.78 is 0. The number of hydrogen-bond donors (Lipinski definition) is 3. The molecule has 0 radical (unpaired) electrons. The number of anilines is 2. The van der Waals surface area contributed by atoms with Crippen LogP contribution in [-0.4, -0.2) is 27.0 Å². The van der Waals surface area contributed by atoms with Gasteiger partial charge < -0.3 is 16.2 Å². The van der Waals surface area contributed by atoms with Gasteiger partial charge in [-0.2, -0.15) is 0 Å². The van der Waals surface area contributed by atoms with Gasteiger partial charge in [0.1, 0.15) is 11.3 Å². The number of nitro groups is 1. The Bertz CT molecular complexity index is 692. The Labute approximate surface area is 138 Å². The lowest BCUT2D eigenvalue weighted by Gasteiger charge is -2.54. The van der Waals surface area contributed by atoms with E-state index in [1.54, 1.807) is 0 Å². The predicted octanol–water partition coefficient (Wildman–Crippen LogP) is 2.51. The topological polar surface area (TPSA) is 131 Å². The molecule has 5 rings (SSSR count). The zero-order valence-electron chi connectivity index (χ0n) is 13.1. The van der Waals surface area contributed by atoms with Crippen molar-refractivity contribution in [3.63, 3.8) is 0 Å². The van der Waals surface area contributed by atoms with Crippen LogP contribution in [0.1, 0.15) is 42.5 Å². The second kappa shape index (κ2) is 5.32. The van der Waals surface area contributed by atoms with Crippen LogP contribution in [0.5, 0.6) is 0 Å². The zero-order valence-corrected chi connectivity index (χ0v) is 13.1. The van der Waals surface area contributed by atoms with Gasteiger partial charge in [-0.25, -0.2) is 9.78 Å². The smallest absolute Gasteiger partial charge is 0.339 e. The van der Waals surface area contributed by atoms with E-state index in [9.17, 15) is 20.0 Å².